The van der Waals surface area contributed by atoms with E-state index < -0.39 is 0 Å². The van der Waals surface area contributed by atoms with Crippen LogP contribution in [0.15, 0.2) is 46.9 Å². The molecular weight excluding hydrogens is 284 g/mol. The van der Waals surface area contributed by atoms with Crippen LogP contribution in [-0.4, -0.2) is 18.7 Å². The van der Waals surface area contributed by atoms with Crippen LogP contribution in [0.2, 0.25) is 0 Å². The smallest absolute Gasteiger partial charge is 0.281 e. The third kappa shape index (κ3) is 5.04. The average molecular weight is 302 g/mol. The van der Waals surface area contributed by atoms with Crippen LogP contribution in [-0.2, 0) is 0 Å². The second kappa shape index (κ2) is 8.21. The van der Waals surface area contributed by atoms with Gasteiger partial charge in [0.25, 0.3) is 5.91 Å². The Morgan fingerprint density at radius 2 is 2.14 bits per heavy atom. The van der Waals surface area contributed by atoms with Gasteiger partial charge in [0.2, 0.25) is 0 Å². The molecule has 5 heteroatoms. The summed E-state index contributed by atoms with van der Waals surface area (Å²) in [6, 6.07) is 11.2. The molecule has 0 bridgehead atoms. The highest BCUT2D eigenvalue weighted by molar-refractivity contribution is 7.12. The van der Waals surface area contributed by atoms with Crippen LogP contribution in [0.4, 0.5) is 0 Å². The Morgan fingerprint density at radius 3 is 2.81 bits per heavy atom. The summed E-state index contributed by atoms with van der Waals surface area (Å²) in [7, 11) is 0. The first-order valence-corrected chi connectivity index (χ1v) is 7.77. The van der Waals surface area contributed by atoms with E-state index in [-0.39, 0.29) is 5.91 Å². The van der Waals surface area contributed by atoms with E-state index in [0.717, 1.165) is 30.8 Å². The Hall–Kier alpha value is -2.14. The number of carbonyl (C=O) groups is 1. The van der Waals surface area contributed by atoms with E-state index in [1.807, 2.05) is 35.7 Å². The molecule has 0 unspecified atom stereocenters. The van der Waals surface area contributed by atoms with Gasteiger partial charge in [-0.3, -0.25) is 4.79 Å². The summed E-state index contributed by atoms with van der Waals surface area (Å²) in [5.74, 6) is 0.656. The van der Waals surface area contributed by atoms with Crippen molar-refractivity contribution in [3.63, 3.8) is 0 Å². The maximum Gasteiger partial charge on any atom is 0.281 e. The Kier molecular flexibility index (Phi) is 5.97. The number of amides is 1. The molecule has 1 aromatic heterocycles. The van der Waals surface area contributed by atoms with E-state index in [2.05, 4.69) is 17.5 Å². The van der Waals surface area contributed by atoms with Gasteiger partial charge in [-0.2, -0.15) is 5.10 Å². The molecule has 110 valence electrons. The molecule has 0 aliphatic heterocycles. The maximum atomic E-state index is 11.7. The zero-order chi connectivity index (χ0) is 14.9. The van der Waals surface area contributed by atoms with E-state index in [0.29, 0.717) is 4.88 Å². The number of nitrogens with one attached hydrogen (secondary N) is 1. The predicted octanol–water partition coefficient (Wildman–Crippen LogP) is 3.69. The minimum absolute atomic E-state index is 0.194. The van der Waals surface area contributed by atoms with E-state index in [1.165, 1.54) is 11.3 Å². The first-order chi connectivity index (χ1) is 10.3. The van der Waals surface area contributed by atoms with Crippen LogP contribution in [0, 0.1) is 0 Å². The molecule has 1 N–H and O–H groups in total. The highest BCUT2D eigenvalue weighted by Gasteiger charge is 2.03. The van der Waals surface area contributed by atoms with E-state index in [9.17, 15) is 4.79 Å². The average Bonchev–Trinajstić information content (AvgIpc) is 3.03. The molecule has 4 nitrogen and oxygen atoms in total. The summed E-state index contributed by atoms with van der Waals surface area (Å²) in [5, 5.41) is 5.80. The van der Waals surface area contributed by atoms with Crippen LogP contribution < -0.4 is 10.2 Å². The molecule has 1 heterocycles. The predicted molar refractivity (Wildman–Crippen MR) is 86.2 cm³/mol. The number of nitrogens with zero attached hydrogens (tertiary/aromatic N) is 1. The van der Waals surface area contributed by atoms with Crippen molar-refractivity contribution < 1.29 is 9.53 Å². The van der Waals surface area contributed by atoms with Crippen LogP contribution in [0.1, 0.15) is 35.0 Å². The van der Waals surface area contributed by atoms with Gasteiger partial charge in [-0.15, -0.1) is 11.3 Å². The fourth-order valence-electron chi connectivity index (χ4n) is 1.61. The van der Waals surface area contributed by atoms with Crippen molar-refractivity contribution in [1.29, 1.82) is 0 Å². The number of thiophene rings is 1. The molecule has 0 atom stereocenters. The van der Waals surface area contributed by atoms with Gasteiger partial charge in [-0.1, -0.05) is 19.4 Å². The summed E-state index contributed by atoms with van der Waals surface area (Å²) < 4.78 is 5.58. The summed E-state index contributed by atoms with van der Waals surface area (Å²) in [4.78, 5) is 12.3. The largest absolute Gasteiger partial charge is 0.494 e. The van der Waals surface area contributed by atoms with Gasteiger partial charge < -0.3 is 4.74 Å². The molecule has 0 radical (unpaired) electrons. The van der Waals surface area contributed by atoms with E-state index in [4.69, 9.17) is 4.74 Å². The van der Waals surface area contributed by atoms with Crippen LogP contribution in [0.25, 0.3) is 0 Å². The summed E-state index contributed by atoms with van der Waals surface area (Å²) in [6.07, 6.45) is 3.79. The molecule has 1 aromatic carbocycles. The van der Waals surface area contributed by atoms with Crippen LogP contribution in [0.5, 0.6) is 5.75 Å². The van der Waals surface area contributed by atoms with Crippen molar-refractivity contribution in [3.8, 4) is 5.75 Å². The lowest BCUT2D eigenvalue weighted by atomic mass is 10.2. The lowest BCUT2D eigenvalue weighted by Crippen LogP contribution is -2.16. The molecular formula is C16H18N2O2S. The molecule has 0 aliphatic carbocycles. The Bertz CT molecular complexity index is 577. The normalized spacial score (nSPS) is 10.7. The van der Waals surface area contributed by atoms with Crippen molar-refractivity contribution in [2.75, 3.05) is 6.61 Å². The second-order valence-electron chi connectivity index (χ2n) is 4.45. The van der Waals surface area contributed by atoms with Crippen molar-refractivity contribution in [1.82, 2.24) is 5.43 Å². The number of ether oxygens (including phenoxy) is 1. The summed E-state index contributed by atoms with van der Waals surface area (Å²) in [5.41, 5.74) is 3.41. The minimum atomic E-state index is -0.194. The fraction of sp³-hybridized carbons (Fsp3) is 0.250. The van der Waals surface area contributed by atoms with Gasteiger partial charge in [0.15, 0.2) is 0 Å². The molecule has 1 amide bonds. The number of carbonyl (C=O) groups excluding carboxylic acids is 1. The highest BCUT2D eigenvalue weighted by atomic mass is 32.1. The zero-order valence-electron chi connectivity index (χ0n) is 11.9. The van der Waals surface area contributed by atoms with Gasteiger partial charge in [-0.05, 0) is 47.7 Å². The van der Waals surface area contributed by atoms with Crippen molar-refractivity contribution in [3.05, 3.63) is 52.2 Å². The van der Waals surface area contributed by atoms with E-state index in [1.54, 1.807) is 12.3 Å². The van der Waals surface area contributed by atoms with Gasteiger partial charge in [-0.25, -0.2) is 5.43 Å². The van der Waals surface area contributed by atoms with Gasteiger partial charge in [0.1, 0.15) is 5.75 Å². The topological polar surface area (TPSA) is 50.7 Å². The zero-order valence-corrected chi connectivity index (χ0v) is 12.7. The highest BCUT2D eigenvalue weighted by Crippen LogP contribution is 2.11. The molecule has 21 heavy (non-hydrogen) atoms. The lowest BCUT2D eigenvalue weighted by molar-refractivity contribution is 0.0959. The second-order valence-corrected chi connectivity index (χ2v) is 5.40. The van der Waals surface area contributed by atoms with Crippen molar-refractivity contribution >= 4 is 23.5 Å². The van der Waals surface area contributed by atoms with Crippen LogP contribution >= 0.6 is 11.3 Å². The fourth-order valence-corrected chi connectivity index (χ4v) is 2.23. The summed E-state index contributed by atoms with van der Waals surface area (Å²) in [6.45, 7) is 2.87. The number of hydrazone groups is 1. The third-order valence-corrected chi connectivity index (χ3v) is 3.64. The number of hydrogen-bond acceptors (Lipinski definition) is 4. The number of hydrogen-bond donors (Lipinski definition) is 1. The molecule has 0 saturated carbocycles. The first kappa shape index (κ1) is 15.3. The standard InChI is InChI=1S/C16H18N2O2S/c1-2-3-10-20-14-8-6-13(7-9-14)12-17-18-16(19)15-5-4-11-21-15/h4-9,11-12H,2-3,10H2,1H3,(H,18,19)/b17-12-. The molecule has 0 spiro atoms. The lowest BCUT2D eigenvalue weighted by Gasteiger charge is -2.04. The monoisotopic (exact) mass is 302 g/mol. The number of benzene rings is 1. The van der Waals surface area contributed by atoms with Crippen LogP contribution in [0.3, 0.4) is 0 Å². The Balaban J connectivity index is 1.82. The Morgan fingerprint density at radius 1 is 1.33 bits per heavy atom. The van der Waals surface area contributed by atoms with Gasteiger partial charge in [0.05, 0.1) is 17.7 Å². The molecule has 2 rings (SSSR count). The molecule has 2 aromatic rings. The number of unbranched alkanes of at least 4 members (excludes halogenated alkanes) is 1. The van der Waals surface area contributed by atoms with Gasteiger partial charge in [0, 0.05) is 0 Å². The quantitative estimate of drug-likeness (QED) is 0.482. The molecule has 0 saturated heterocycles. The SMILES string of the molecule is CCCCOc1ccc(/C=N\NC(=O)c2cccs2)cc1. The van der Waals surface area contributed by atoms with Crippen molar-refractivity contribution in [2.45, 2.75) is 19.8 Å². The van der Waals surface area contributed by atoms with E-state index >= 15 is 0 Å². The van der Waals surface area contributed by atoms with Gasteiger partial charge >= 0.3 is 0 Å². The number of rotatable bonds is 7. The first-order valence-electron chi connectivity index (χ1n) is 6.89. The molecule has 0 fully saturated rings. The summed E-state index contributed by atoms with van der Waals surface area (Å²) >= 11 is 1.39. The maximum absolute atomic E-state index is 11.7. The molecule has 0 aliphatic rings. The third-order valence-electron chi connectivity index (χ3n) is 2.77. The Labute approximate surface area is 128 Å². The minimum Gasteiger partial charge on any atom is -0.494 e. The van der Waals surface area contributed by atoms with Crippen molar-refractivity contribution in [2.24, 2.45) is 5.10 Å².